The molecule has 0 aliphatic rings. The monoisotopic (exact) mass is 238 g/mol. The number of hydrogen-bond donors (Lipinski definition) is 0. The average molecular weight is 239 g/mol. The lowest BCUT2D eigenvalue weighted by Gasteiger charge is -2.06. The van der Waals surface area contributed by atoms with Gasteiger partial charge in [-0.3, -0.25) is 0 Å². The van der Waals surface area contributed by atoms with E-state index in [1.807, 2.05) is 32.9 Å². The number of benzene rings is 1. The summed E-state index contributed by atoms with van der Waals surface area (Å²) in [6.07, 6.45) is 1.44. The van der Waals surface area contributed by atoms with Crippen molar-refractivity contribution in [3.8, 4) is 5.75 Å². The number of aromatic nitrogens is 2. The smallest absolute Gasteiger partial charge is 0.140 e. The van der Waals surface area contributed by atoms with Gasteiger partial charge in [-0.25, -0.2) is 9.97 Å². The number of nitrogens with zero attached hydrogens (tertiary/aromatic N) is 2. The molecule has 0 amide bonds. The molecule has 0 fully saturated rings. The molecule has 0 saturated carbocycles. The van der Waals surface area contributed by atoms with Gasteiger partial charge in [-0.1, -0.05) is 25.4 Å². The van der Waals surface area contributed by atoms with Crippen molar-refractivity contribution >= 4 is 22.5 Å². The summed E-state index contributed by atoms with van der Waals surface area (Å²) in [6, 6.07) is 3.79. The molecular formula is C12H15ClN2O. The molecule has 86 valence electrons. The molecule has 0 bridgehead atoms. The Balaban J connectivity index is 0.000000606. The lowest BCUT2D eigenvalue weighted by molar-refractivity contribution is 0.412. The lowest BCUT2D eigenvalue weighted by atomic mass is 10.1. The van der Waals surface area contributed by atoms with Gasteiger partial charge in [0.1, 0.15) is 17.2 Å². The third-order valence-corrected chi connectivity index (χ3v) is 2.40. The van der Waals surface area contributed by atoms with Crippen molar-refractivity contribution in [1.82, 2.24) is 9.97 Å². The molecule has 0 unspecified atom stereocenters. The highest BCUT2D eigenvalue weighted by Crippen LogP contribution is 2.26. The molecular weight excluding hydrogens is 224 g/mol. The molecule has 4 heteroatoms. The maximum atomic E-state index is 5.93. The molecule has 2 rings (SSSR count). The first-order chi connectivity index (χ1) is 7.72. The highest BCUT2D eigenvalue weighted by molar-refractivity contribution is 6.34. The zero-order chi connectivity index (χ0) is 12.1. The van der Waals surface area contributed by atoms with Crippen molar-refractivity contribution in [2.75, 3.05) is 7.11 Å². The number of methoxy groups -OCH3 is 1. The minimum Gasteiger partial charge on any atom is -0.496 e. The minimum absolute atomic E-state index is 0.473. The second kappa shape index (κ2) is 5.66. The summed E-state index contributed by atoms with van der Waals surface area (Å²) in [6.45, 7) is 5.96. The predicted molar refractivity (Wildman–Crippen MR) is 67.2 cm³/mol. The van der Waals surface area contributed by atoms with Gasteiger partial charge >= 0.3 is 0 Å². The fourth-order valence-electron chi connectivity index (χ4n) is 1.38. The van der Waals surface area contributed by atoms with Crippen LogP contribution in [0.5, 0.6) is 5.75 Å². The summed E-state index contributed by atoms with van der Waals surface area (Å²) in [7, 11) is 1.64. The van der Waals surface area contributed by atoms with Gasteiger partial charge < -0.3 is 4.74 Å². The molecule has 0 radical (unpaired) electrons. The third-order valence-electron chi connectivity index (χ3n) is 2.10. The van der Waals surface area contributed by atoms with E-state index in [2.05, 4.69) is 9.97 Å². The van der Waals surface area contributed by atoms with E-state index in [1.165, 1.54) is 6.33 Å². The van der Waals surface area contributed by atoms with Gasteiger partial charge in [0.15, 0.2) is 0 Å². The molecule has 0 N–H and O–H groups in total. The van der Waals surface area contributed by atoms with E-state index in [4.69, 9.17) is 16.3 Å². The average Bonchev–Trinajstić information content (AvgIpc) is 2.32. The number of ether oxygens (including phenoxy) is 1. The number of fused-ring (bicyclic) bond motifs is 1. The van der Waals surface area contributed by atoms with Crippen LogP contribution in [0, 0.1) is 6.92 Å². The van der Waals surface area contributed by atoms with E-state index < -0.39 is 0 Å². The Hall–Kier alpha value is -1.35. The van der Waals surface area contributed by atoms with Crippen LogP contribution in [0.2, 0.25) is 5.15 Å². The van der Waals surface area contributed by atoms with E-state index >= 15 is 0 Å². The highest BCUT2D eigenvalue weighted by atomic mass is 35.5. The van der Waals surface area contributed by atoms with Crippen LogP contribution < -0.4 is 4.74 Å². The summed E-state index contributed by atoms with van der Waals surface area (Å²) in [5.74, 6) is 0.812. The fraction of sp³-hybridized carbons (Fsp3) is 0.333. The van der Waals surface area contributed by atoms with Crippen LogP contribution in [0.1, 0.15) is 19.4 Å². The zero-order valence-electron chi connectivity index (χ0n) is 9.91. The maximum absolute atomic E-state index is 5.93. The van der Waals surface area contributed by atoms with E-state index in [1.54, 1.807) is 7.11 Å². The second-order valence-corrected chi connectivity index (χ2v) is 3.36. The van der Waals surface area contributed by atoms with Crippen LogP contribution in [-0.2, 0) is 0 Å². The van der Waals surface area contributed by atoms with Crippen LogP contribution in [0.15, 0.2) is 18.5 Å². The quantitative estimate of drug-likeness (QED) is 0.712. The normalized spacial score (nSPS) is 9.56. The molecule has 0 aliphatic heterocycles. The number of rotatable bonds is 1. The summed E-state index contributed by atoms with van der Waals surface area (Å²) >= 11 is 5.93. The van der Waals surface area contributed by atoms with Crippen molar-refractivity contribution in [3.05, 3.63) is 29.2 Å². The zero-order valence-corrected chi connectivity index (χ0v) is 10.7. The van der Waals surface area contributed by atoms with E-state index in [0.29, 0.717) is 5.15 Å². The first-order valence-electron chi connectivity index (χ1n) is 5.17. The van der Waals surface area contributed by atoms with Gasteiger partial charge in [-0.2, -0.15) is 0 Å². The first-order valence-corrected chi connectivity index (χ1v) is 5.55. The number of halogens is 1. The molecule has 1 aromatic carbocycles. The van der Waals surface area contributed by atoms with Crippen molar-refractivity contribution in [2.45, 2.75) is 20.8 Å². The lowest BCUT2D eigenvalue weighted by Crippen LogP contribution is -1.90. The van der Waals surface area contributed by atoms with Crippen LogP contribution in [-0.4, -0.2) is 17.1 Å². The van der Waals surface area contributed by atoms with E-state index in [-0.39, 0.29) is 0 Å². The van der Waals surface area contributed by atoms with Gasteiger partial charge in [0.25, 0.3) is 0 Å². The third kappa shape index (κ3) is 2.42. The Bertz CT molecular complexity index is 486. The van der Waals surface area contributed by atoms with Gasteiger partial charge in [0.05, 0.1) is 12.6 Å². The van der Waals surface area contributed by atoms with Crippen LogP contribution in [0.4, 0.5) is 0 Å². The highest BCUT2D eigenvalue weighted by Gasteiger charge is 2.05. The molecule has 0 spiro atoms. The molecule has 3 nitrogen and oxygen atoms in total. The fourth-order valence-corrected chi connectivity index (χ4v) is 1.58. The van der Waals surface area contributed by atoms with Crippen molar-refractivity contribution in [1.29, 1.82) is 0 Å². The Kier molecular flexibility index (Phi) is 4.50. The van der Waals surface area contributed by atoms with E-state index in [0.717, 1.165) is 22.2 Å². The van der Waals surface area contributed by atoms with Crippen LogP contribution in [0.25, 0.3) is 10.9 Å². The Morgan fingerprint density at radius 1 is 1.19 bits per heavy atom. The Labute approximate surface area is 100 Å². The van der Waals surface area contributed by atoms with Gasteiger partial charge in [0, 0.05) is 11.5 Å². The molecule has 0 atom stereocenters. The second-order valence-electron chi connectivity index (χ2n) is 3.00. The molecule has 1 heterocycles. The van der Waals surface area contributed by atoms with Gasteiger partial charge in [-0.15, -0.1) is 0 Å². The van der Waals surface area contributed by atoms with Crippen LogP contribution in [0.3, 0.4) is 0 Å². The topological polar surface area (TPSA) is 35.0 Å². The molecule has 2 aromatic rings. The maximum Gasteiger partial charge on any atom is 0.140 e. The van der Waals surface area contributed by atoms with Gasteiger partial charge in [-0.05, 0) is 18.6 Å². The number of aryl methyl sites for hydroxylation is 1. The molecule has 0 saturated heterocycles. The van der Waals surface area contributed by atoms with Gasteiger partial charge in [0.2, 0.25) is 0 Å². The molecule has 1 aromatic heterocycles. The summed E-state index contributed by atoms with van der Waals surface area (Å²) in [5.41, 5.74) is 1.82. The minimum atomic E-state index is 0.473. The van der Waals surface area contributed by atoms with Crippen molar-refractivity contribution < 1.29 is 4.74 Å². The Morgan fingerprint density at radius 3 is 2.50 bits per heavy atom. The Morgan fingerprint density at radius 2 is 1.88 bits per heavy atom. The van der Waals surface area contributed by atoms with Crippen LogP contribution >= 0.6 is 11.6 Å². The SMILES string of the molecule is CC.COc1cc2ncnc(Cl)c2cc1C. The van der Waals surface area contributed by atoms with Crippen molar-refractivity contribution in [3.63, 3.8) is 0 Å². The van der Waals surface area contributed by atoms with E-state index in [9.17, 15) is 0 Å². The number of hydrogen-bond acceptors (Lipinski definition) is 3. The van der Waals surface area contributed by atoms with Crippen molar-refractivity contribution in [2.24, 2.45) is 0 Å². The predicted octanol–water partition coefficient (Wildman–Crippen LogP) is 3.63. The first kappa shape index (κ1) is 12.7. The summed E-state index contributed by atoms with van der Waals surface area (Å²) < 4.78 is 5.19. The summed E-state index contributed by atoms with van der Waals surface area (Å²) in [4.78, 5) is 8.03. The summed E-state index contributed by atoms with van der Waals surface area (Å²) in [5, 5.41) is 1.33. The standard InChI is InChI=1S/C10H9ClN2O.C2H6/c1-6-3-7-8(4-9(6)14-2)12-5-13-10(7)11;1-2/h3-5H,1-2H3;1-2H3. The largest absolute Gasteiger partial charge is 0.496 e. The molecule has 0 aliphatic carbocycles. The molecule has 16 heavy (non-hydrogen) atoms.